The summed E-state index contributed by atoms with van der Waals surface area (Å²) >= 11 is 0. The van der Waals surface area contributed by atoms with E-state index in [0.717, 1.165) is 23.6 Å². The number of nitrogens with zero attached hydrogens (tertiary/aromatic N) is 3. The molecule has 0 aliphatic carbocycles. The number of fused-ring (bicyclic) bond motifs is 1. The van der Waals surface area contributed by atoms with E-state index in [-0.39, 0.29) is 24.2 Å². The lowest BCUT2D eigenvalue weighted by Crippen LogP contribution is -2.40. The Morgan fingerprint density at radius 2 is 1.90 bits per heavy atom. The van der Waals surface area contributed by atoms with Gasteiger partial charge >= 0.3 is 0 Å². The van der Waals surface area contributed by atoms with Crippen LogP contribution in [0.15, 0.2) is 59.1 Å². The Balaban J connectivity index is 1.60. The molecule has 11 heteroatoms. The highest BCUT2D eigenvalue weighted by molar-refractivity contribution is 7.92. The highest BCUT2D eigenvalue weighted by atomic mass is 32.2. The van der Waals surface area contributed by atoms with E-state index in [1.807, 2.05) is 37.3 Å². The first-order valence-electron chi connectivity index (χ1n) is 13.7. The average molecular weight is 593 g/mol. The molecule has 220 valence electrons. The number of carbonyl (C=O) groups is 2. The number of sulfonamides is 1. The predicted molar refractivity (Wildman–Crippen MR) is 159 cm³/mol. The van der Waals surface area contributed by atoms with Gasteiger partial charge in [-0.25, -0.2) is 12.8 Å². The molecule has 9 nitrogen and oxygen atoms in total. The Labute approximate surface area is 244 Å². The van der Waals surface area contributed by atoms with E-state index in [9.17, 15) is 22.4 Å². The van der Waals surface area contributed by atoms with Gasteiger partial charge in [-0.3, -0.25) is 18.9 Å². The first-order chi connectivity index (χ1) is 20.0. The summed E-state index contributed by atoms with van der Waals surface area (Å²) in [6.07, 6.45) is 3.67. The largest absolute Gasteiger partial charge is 0.455 e. The summed E-state index contributed by atoms with van der Waals surface area (Å²) < 4.78 is 46.2. The number of rotatable bonds is 7. The van der Waals surface area contributed by atoms with Crippen molar-refractivity contribution in [2.24, 2.45) is 0 Å². The topological polar surface area (TPSA) is 113 Å². The maximum atomic E-state index is 13.3. The zero-order chi connectivity index (χ0) is 30.2. The highest BCUT2D eigenvalue weighted by Gasteiger charge is 2.31. The minimum Gasteiger partial charge on any atom is -0.455 e. The molecule has 0 bridgehead atoms. The number of aryl methyl sites for hydroxylation is 1. The number of nitrogens with one attached hydrogen (secondary N) is 1. The summed E-state index contributed by atoms with van der Waals surface area (Å²) in [4.78, 5) is 32.1. The molecule has 42 heavy (non-hydrogen) atoms. The van der Waals surface area contributed by atoms with Crippen molar-refractivity contribution in [2.75, 3.05) is 37.7 Å². The minimum atomic E-state index is -3.65. The summed E-state index contributed by atoms with van der Waals surface area (Å²) in [5, 5.41) is 3.26. The number of aromatic nitrogens is 1. The second-order valence-corrected chi connectivity index (χ2v) is 12.7. The molecule has 2 aromatic heterocycles. The Morgan fingerprint density at radius 1 is 1.17 bits per heavy atom. The number of hydrogen-bond donors (Lipinski definition) is 1. The van der Waals surface area contributed by atoms with E-state index < -0.39 is 15.8 Å². The van der Waals surface area contributed by atoms with Crippen LogP contribution >= 0.6 is 0 Å². The van der Waals surface area contributed by atoms with E-state index in [4.69, 9.17) is 4.42 Å². The molecule has 0 unspecified atom stereocenters. The number of benzene rings is 2. The third kappa shape index (κ3) is 5.87. The summed E-state index contributed by atoms with van der Waals surface area (Å²) in [7, 11) is -0.617. The first-order valence-corrected chi connectivity index (χ1v) is 15.5. The second-order valence-electron chi connectivity index (χ2n) is 10.7. The lowest BCUT2D eigenvalue weighted by molar-refractivity contribution is -0.131. The number of furan rings is 1. The van der Waals surface area contributed by atoms with Gasteiger partial charge in [-0.1, -0.05) is 29.8 Å². The van der Waals surface area contributed by atoms with Gasteiger partial charge < -0.3 is 14.6 Å². The SMILES string of the molecule is CNC(=O)c1c(-c2ccc(C)cc2)oc2cc(N(C)S(C)(=O)=O)c([C@@H]3CCCN(C(=O)Cc4ccc(F)cn4)C3)cc12. The number of halogens is 1. The van der Waals surface area contributed by atoms with Crippen molar-refractivity contribution in [3.05, 3.63) is 82.9 Å². The van der Waals surface area contributed by atoms with Gasteiger partial charge in [0, 0.05) is 55.8 Å². The number of likely N-dealkylation sites (tertiary alicyclic amines) is 1. The van der Waals surface area contributed by atoms with Crippen LogP contribution in [-0.4, -0.2) is 63.6 Å². The molecule has 1 saturated heterocycles. The summed E-state index contributed by atoms with van der Waals surface area (Å²) in [5.74, 6) is -0.756. The Kier molecular flexibility index (Phi) is 8.05. The fraction of sp³-hybridized carbons (Fsp3) is 0.323. The molecule has 1 atom stereocenters. The van der Waals surface area contributed by atoms with Crippen molar-refractivity contribution in [1.82, 2.24) is 15.2 Å². The molecule has 3 heterocycles. The molecule has 2 aromatic carbocycles. The third-order valence-corrected chi connectivity index (χ3v) is 8.97. The number of piperidine rings is 1. The quantitative estimate of drug-likeness (QED) is 0.335. The van der Waals surface area contributed by atoms with Crippen molar-refractivity contribution >= 4 is 38.5 Å². The van der Waals surface area contributed by atoms with E-state index in [1.54, 1.807) is 18.0 Å². The van der Waals surface area contributed by atoms with Crippen LogP contribution < -0.4 is 9.62 Å². The molecule has 4 aromatic rings. The minimum absolute atomic E-state index is 0.0323. The van der Waals surface area contributed by atoms with E-state index in [2.05, 4.69) is 10.3 Å². The van der Waals surface area contributed by atoms with E-state index >= 15 is 0 Å². The molecule has 0 saturated carbocycles. The van der Waals surface area contributed by atoms with Gasteiger partial charge in [-0.05, 0) is 43.5 Å². The van der Waals surface area contributed by atoms with Gasteiger partial charge in [0.2, 0.25) is 15.9 Å². The fourth-order valence-electron chi connectivity index (χ4n) is 5.42. The zero-order valence-electron chi connectivity index (χ0n) is 24.0. The van der Waals surface area contributed by atoms with Crippen LogP contribution in [0.5, 0.6) is 0 Å². The molecule has 0 spiro atoms. The maximum absolute atomic E-state index is 13.3. The van der Waals surface area contributed by atoms with Gasteiger partial charge in [0.05, 0.1) is 30.1 Å². The van der Waals surface area contributed by atoms with Crippen molar-refractivity contribution in [2.45, 2.75) is 32.1 Å². The van der Waals surface area contributed by atoms with Crippen LogP contribution in [0.2, 0.25) is 0 Å². The normalized spacial score (nSPS) is 15.5. The van der Waals surface area contributed by atoms with Crippen molar-refractivity contribution in [1.29, 1.82) is 0 Å². The van der Waals surface area contributed by atoms with Crippen molar-refractivity contribution in [3.8, 4) is 11.3 Å². The van der Waals surface area contributed by atoms with Crippen LogP contribution in [0, 0.1) is 12.7 Å². The number of hydrogen-bond acceptors (Lipinski definition) is 6. The molecule has 0 radical (unpaired) electrons. The number of amides is 2. The summed E-state index contributed by atoms with van der Waals surface area (Å²) in [5.41, 5.74) is 4.12. The molecule has 1 N–H and O–H groups in total. The van der Waals surface area contributed by atoms with Crippen LogP contribution in [-0.2, 0) is 21.2 Å². The standard InChI is InChI=1S/C31H33FN4O5S/c1-19-7-9-20(10-8-19)30-29(31(38)33-2)25-15-24(26(16-27(25)41-30)35(3)42(4,39)40)21-6-5-13-36(18-21)28(37)14-23-12-11-22(32)17-34-23/h7-12,15-17,21H,5-6,13-14,18H2,1-4H3,(H,33,38)/t21-/m1/s1. The Hall–Kier alpha value is -4.25. The fourth-order valence-corrected chi connectivity index (χ4v) is 5.94. The zero-order valence-corrected chi connectivity index (χ0v) is 24.8. The summed E-state index contributed by atoms with van der Waals surface area (Å²) in [6, 6.07) is 13.9. The van der Waals surface area contributed by atoms with Crippen molar-refractivity contribution in [3.63, 3.8) is 0 Å². The number of pyridine rings is 1. The first kappa shape index (κ1) is 29.2. The molecule has 1 fully saturated rings. The average Bonchev–Trinajstić information content (AvgIpc) is 3.35. The molecular formula is C31H33FN4O5S. The van der Waals surface area contributed by atoms with Crippen LogP contribution in [0.25, 0.3) is 22.3 Å². The van der Waals surface area contributed by atoms with Gasteiger partial charge in [0.25, 0.3) is 5.91 Å². The molecule has 1 aliphatic rings. The van der Waals surface area contributed by atoms with Crippen LogP contribution in [0.4, 0.5) is 10.1 Å². The van der Waals surface area contributed by atoms with Gasteiger partial charge in [-0.2, -0.15) is 0 Å². The van der Waals surface area contributed by atoms with Crippen molar-refractivity contribution < 1.29 is 26.8 Å². The van der Waals surface area contributed by atoms with Crippen LogP contribution in [0.1, 0.15) is 45.9 Å². The molecular weight excluding hydrogens is 559 g/mol. The lowest BCUT2D eigenvalue weighted by Gasteiger charge is -2.35. The van der Waals surface area contributed by atoms with Gasteiger partial charge in [0.1, 0.15) is 17.2 Å². The number of anilines is 1. The van der Waals surface area contributed by atoms with Gasteiger partial charge in [0.15, 0.2) is 0 Å². The third-order valence-electron chi connectivity index (χ3n) is 7.78. The second kappa shape index (κ2) is 11.6. The maximum Gasteiger partial charge on any atom is 0.255 e. The molecule has 1 aliphatic heterocycles. The van der Waals surface area contributed by atoms with Crippen LogP contribution in [0.3, 0.4) is 0 Å². The predicted octanol–water partition coefficient (Wildman–Crippen LogP) is 4.65. The van der Waals surface area contributed by atoms with E-state index in [0.29, 0.717) is 65.2 Å². The summed E-state index contributed by atoms with van der Waals surface area (Å²) in [6.45, 7) is 2.87. The number of carbonyl (C=O) groups excluding carboxylic acids is 2. The Bertz CT molecular complexity index is 1750. The monoisotopic (exact) mass is 592 g/mol. The molecule has 5 rings (SSSR count). The highest BCUT2D eigenvalue weighted by Crippen LogP contribution is 2.42. The van der Waals surface area contributed by atoms with E-state index in [1.165, 1.54) is 23.5 Å². The Morgan fingerprint density at radius 3 is 2.55 bits per heavy atom. The van der Waals surface area contributed by atoms with Gasteiger partial charge in [-0.15, -0.1) is 0 Å². The lowest BCUT2D eigenvalue weighted by atomic mass is 9.88. The molecule has 2 amide bonds. The smallest absolute Gasteiger partial charge is 0.255 e.